The molecule has 3 rings (SSSR count). The van der Waals surface area contributed by atoms with Gasteiger partial charge >= 0.3 is 6.09 Å². The molecule has 1 fully saturated rings. The predicted octanol–water partition coefficient (Wildman–Crippen LogP) is 3.96. The molecule has 1 aliphatic heterocycles. The van der Waals surface area contributed by atoms with Gasteiger partial charge in [-0.2, -0.15) is 5.26 Å². The first kappa shape index (κ1) is 27.7. The molecule has 8 heteroatoms. The smallest absolute Gasteiger partial charge is 0.408 e. The molecule has 0 radical (unpaired) electrons. The molecule has 37 heavy (non-hydrogen) atoms. The molecule has 196 valence electrons. The minimum Gasteiger partial charge on any atom is -0.436 e. The van der Waals surface area contributed by atoms with Gasteiger partial charge in [-0.15, -0.1) is 0 Å². The van der Waals surface area contributed by atoms with E-state index in [0.717, 1.165) is 17.5 Å². The molecule has 2 aromatic rings. The van der Waals surface area contributed by atoms with Gasteiger partial charge in [0.15, 0.2) is 6.10 Å². The van der Waals surface area contributed by atoms with E-state index in [1.54, 1.807) is 4.90 Å². The molecule has 0 aliphatic carbocycles. The zero-order valence-electron chi connectivity index (χ0n) is 21.6. The van der Waals surface area contributed by atoms with Gasteiger partial charge in [-0.3, -0.25) is 9.59 Å². The second-order valence-electron chi connectivity index (χ2n) is 9.98. The Kier molecular flexibility index (Phi) is 10.1. The molecule has 0 spiro atoms. The first-order valence-corrected chi connectivity index (χ1v) is 12.8. The highest BCUT2D eigenvalue weighted by atomic mass is 16.6. The molecule has 1 unspecified atom stereocenters. The standard InChI is InChI=1S/C29H36N4O4/c1-22(2)17-25(37-28(36)31-19-24-13-7-4-8-14-24)27(35)32-29(20-30)15-9-10-16-33(21-29)26(34)18-23-11-5-3-6-12-23/h3-8,11-14,22,25H,9-10,15-19,21H2,1-2H3,(H,31,36)(H,32,35)/t25-,29?/m0/s1. The van der Waals surface area contributed by atoms with Crippen molar-refractivity contribution >= 4 is 17.9 Å². The number of likely N-dealkylation sites (tertiary alicyclic amines) is 1. The van der Waals surface area contributed by atoms with Gasteiger partial charge in [0.1, 0.15) is 5.54 Å². The number of carbonyl (C=O) groups is 3. The van der Waals surface area contributed by atoms with Crippen molar-refractivity contribution in [1.29, 1.82) is 5.26 Å². The normalized spacial score (nSPS) is 18.3. The number of hydrogen-bond acceptors (Lipinski definition) is 5. The zero-order valence-corrected chi connectivity index (χ0v) is 21.6. The number of benzene rings is 2. The number of nitrogens with one attached hydrogen (secondary N) is 2. The summed E-state index contributed by atoms with van der Waals surface area (Å²) in [7, 11) is 0. The Morgan fingerprint density at radius 2 is 1.68 bits per heavy atom. The van der Waals surface area contributed by atoms with Crippen LogP contribution in [-0.4, -0.2) is 47.5 Å². The van der Waals surface area contributed by atoms with Crippen LogP contribution in [0.1, 0.15) is 50.7 Å². The second-order valence-corrected chi connectivity index (χ2v) is 9.98. The van der Waals surface area contributed by atoms with Crippen LogP contribution >= 0.6 is 0 Å². The molecule has 2 N–H and O–H groups in total. The Hall–Kier alpha value is -3.86. The highest BCUT2D eigenvalue weighted by molar-refractivity contribution is 5.85. The maximum Gasteiger partial charge on any atom is 0.408 e. The van der Waals surface area contributed by atoms with Crippen LogP contribution in [0.5, 0.6) is 0 Å². The summed E-state index contributed by atoms with van der Waals surface area (Å²) in [6, 6.07) is 21.1. The number of rotatable bonds is 9. The van der Waals surface area contributed by atoms with E-state index in [9.17, 15) is 19.6 Å². The van der Waals surface area contributed by atoms with Crippen molar-refractivity contribution in [3.63, 3.8) is 0 Å². The molecule has 8 nitrogen and oxygen atoms in total. The Morgan fingerprint density at radius 3 is 2.30 bits per heavy atom. The summed E-state index contributed by atoms with van der Waals surface area (Å²) in [5, 5.41) is 15.7. The van der Waals surface area contributed by atoms with Crippen molar-refractivity contribution in [3.05, 3.63) is 71.8 Å². The summed E-state index contributed by atoms with van der Waals surface area (Å²) < 4.78 is 5.51. The van der Waals surface area contributed by atoms with E-state index in [4.69, 9.17) is 4.74 Å². The van der Waals surface area contributed by atoms with Gasteiger partial charge in [0.2, 0.25) is 5.91 Å². The molecule has 1 aliphatic rings. The summed E-state index contributed by atoms with van der Waals surface area (Å²) in [6.45, 7) is 4.76. The molecule has 2 aromatic carbocycles. The molecule has 2 atom stereocenters. The van der Waals surface area contributed by atoms with E-state index in [2.05, 4.69) is 16.7 Å². The van der Waals surface area contributed by atoms with Crippen LogP contribution in [0.15, 0.2) is 60.7 Å². The quantitative estimate of drug-likeness (QED) is 0.537. The van der Waals surface area contributed by atoms with Crippen LogP contribution < -0.4 is 10.6 Å². The number of nitriles is 1. The number of amides is 3. The number of alkyl carbamates (subject to hydrolysis) is 1. The summed E-state index contributed by atoms with van der Waals surface area (Å²) in [4.78, 5) is 40.5. The number of nitrogens with zero attached hydrogens (tertiary/aromatic N) is 2. The number of carbonyl (C=O) groups excluding carboxylic acids is 3. The third-order valence-electron chi connectivity index (χ3n) is 6.38. The third kappa shape index (κ3) is 8.64. The highest BCUT2D eigenvalue weighted by Gasteiger charge is 2.39. The van der Waals surface area contributed by atoms with E-state index in [1.807, 2.05) is 74.5 Å². The summed E-state index contributed by atoms with van der Waals surface area (Å²) >= 11 is 0. The van der Waals surface area contributed by atoms with Crippen molar-refractivity contribution in [2.75, 3.05) is 13.1 Å². The minimum atomic E-state index is -1.25. The SMILES string of the molecule is CC(C)C[C@H](OC(=O)NCc1ccccc1)C(=O)NC1(C#N)CCCCN(C(=O)Cc2ccccc2)C1. The Labute approximate surface area is 219 Å². The van der Waals surface area contributed by atoms with Crippen LogP contribution in [0, 0.1) is 17.2 Å². The lowest BCUT2D eigenvalue weighted by atomic mass is 9.93. The first-order chi connectivity index (χ1) is 17.8. The van der Waals surface area contributed by atoms with Gasteiger partial charge in [-0.25, -0.2) is 4.79 Å². The summed E-state index contributed by atoms with van der Waals surface area (Å²) in [5.74, 6) is -0.534. The summed E-state index contributed by atoms with van der Waals surface area (Å²) in [5.41, 5.74) is 0.556. The maximum absolute atomic E-state index is 13.3. The van der Waals surface area contributed by atoms with Gasteiger partial charge in [-0.05, 0) is 42.7 Å². The molecular weight excluding hydrogens is 468 g/mol. The van der Waals surface area contributed by atoms with E-state index in [-0.39, 0.29) is 31.3 Å². The molecule has 0 aromatic heterocycles. The van der Waals surface area contributed by atoms with Gasteiger partial charge in [-0.1, -0.05) is 74.5 Å². The minimum absolute atomic E-state index is 0.0776. The van der Waals surface area contributed by atoms with E-state index in [1.165, 1.54) is 0 Å². The van der Waals surface area contributed by atoms with Crippen molar-refractivity contribution < 1.29 is 19.1 Å². The summed E-state index contributed by atoms with van der Waals surface area (Å²) in [6.07, 6.45) is 0.636. The van der Waals surface area contributed by atoms with Crippen molar-refractivity contribution in [2.24, 2.45) is 5.92 Å². The largest absolute Gasteiger partial charge is 0.436 e. The average Bonchev–Trinajstić information content (AvgIpc) is 3.11. The Balaban J connectivity index is 1.66. The van der Waals surface area contributed by atoms with Gasteiger partial charge in [0.25, 0.3) is 5.91 Å². The molecule has 1 heterocycles. The average molecular weight is 505 g/mol. The molecule has 0 bridgehead atoms. The fourth-order valence-corrected chi connectivity index (χ4v) is 4.42. The topological polar surface area (TPSA) is 112 Å². The molecule has 0 saturated carbocycles. The van der Waals surface area contributed by atoms with E-state index in [0.29, 0.717) is 25.8 Å². The van der Waals surface area contributed by atoms with Crippen molar-refractivity contribution in [3.8, 4) is 6.07 Å². The van der Waals surface area contributed by atoms with Crippen LogP contribution in [-0.2, 0) is 27.3 Å². The zero-order chi connectivity index (χ0) is 26.7. The maximum atomic E-state index is 13.3. The monoisotopic (exact) mass is 504 g/mol. The van der Waals surface area contributed by atoms with Gasteiger partial charge in [0, 0.05) is 13.1 Å². The van der Waals surface area contributed by atoms with Gasteiger partial charge in [0.05, 0.1) is 19.0 Å². The lowest BCUT2D eigenvalue weighted by molar-refractivity contribution is -0.134. The van der Waals surface area contributed by atoms with Crippen LogP contribution in [0.25, 0.3) is 0 Å². The fraction of sp³-hybridized carbons (Fsp3) is 0.448. The molecule has 3 amide bonds. The number of hydrogen-bond donors (Lipinski definition) is 2. The molecule has 1 saturated heterocycles. The predicted molar refractivity (Wildman–Crippen MR) is 140 cm³/mol. The van der Waals surface area contributed by atoms with Crippen LogP contribution in [0.4, 0.5) is 4.79 Å². The Morgan fingerprint density at radius 1 is 1.03 bits per heavy atom. The number of ether oxygens (including phenoxy) is 1. The van der Waals surface area contributed by atoms with E-state index >= 15 is 0 Å². The van der Waals surface area contributed by atoms with Crippen LogP contribution in [0.2, 0.25) is 0 Å². The van der Waals surface area contributed by atoms with Crippen LogP contribution in [0.3, 0.4) is 0 Å². The second kappa shape index (κ2) is 13.4. The highest BCUT2D eigenvalue weighted by Crippen LogP contribution is 2.23. The van der Waals surface area contributed by atoms with E-state index < -0.39 is 23.6 Å². The van der Waals surface area contributed by atoms with Gasteiger partial charge < -0.3 is 20.3 Å². The Bertz CT molecular complexity index is 1080. The lowest BCUT2D eigenvalue weighted by Crippen LogP contribution is -2.57. The lowest BCUT2D eigenvalue weighted by Gasteiger charge is -2.33. The third-order valence-corrected chi connectivity index (χ3v) is 6.38. The molecular formula is C29H36N4O4. The van der Waals surface area contributed by atoms with Crippen molar-refractivity contribution in [1.82, 2.24) is 15.5 Å². The fourth-order valence-electron chi connectivity index (χ4n) is 4.42. The first-order valence-electron chi connectivity index (χ1n) is 12.8. The van der Waals surface area contributed by atoms with Crippen molar-refractivity contribution in [2.45, 2.75) is 64.1 Å².